The summed E-state index contributed by atoms with van der Waals surface area (Å²) in [5, 5.41) is 2.79. The van der Waals surface area contributed by atoms with Crippen LogP contribution in [-0.2, 0) is 10.0 Å². The van der Waals surface area contributed by atoms with Crippen LogP contribution in [0.2, 0.25) is 0 Å². The van der Waals surface area contributed by atoms with Crippen molar-refractivity contribution in [3.05, 3.63) is 54.4 Å². The smallest absolute Gasteiger partial charge is 0.406 e. The van der Waals surface area contributed by atoms with Gasteiger partial charge in [-0.2, -0.15) is 4.31 Å². The first kappa shape index (κ1) is 22.0. The van der Waals surface area contributed by atoms with Crippen LogP contribution in [0.5, 0.6) is 5.75 Å². The molecule has 0 saturated carbocycles. The summed E-state index contributed by atoms with van der Waals surface area (Å²) in [5.74, 6) is -0.860. The molecule has 1 atom stereocenters. The molecule has 1 fully saturated rings. The number of benzene rings is 1. The highest BCUT2D eigenvalue weighted by atomic mass is 32.2. The molecule has 0 unspecified atom stereocenters. The molecule has 2 aromatic rings. The number of pyridine rings is 1. The van der Waals surface area contributed by atoms with Gasteiger partial charge in [-0.05, 0) is 55.2 Å². The molecule has 1 aliphatic heterocycles. The summed E-state index contributed by atoms with van der Waals surface area (Å²) in [5.41, 5.74) is 0.416. The van der Waals surface area contributed by atoms with Gasteiger partial charge in [0.05, 0.1) is 10.5 Å². The average molecular weight is 443 g/mol. The lowest BCUT2D eigenvalue weighted by molar-refractivity contribution is -0.274. The molecule has 1 amide bonds. The zero-order chi connectivity index (χ0) is 21.8. The Balaban J connectivity index is 1.61. The second-order valence-corrected chi connectivity index (χ2v) is 8.78. The fourth-order valence-corrected chi connectivity index (χ4v) is 4.77. The Labute approximate surface area is 171 Å². The summed E-state index contributed by atoms with van der Waals surface area (Å²) >= 11 is 0. The second kappa shape index (κ2) is 9.00. The van der Waals surface area contributed by atoms with E-state index in [0.717, 1.165) is 30.7 Å². The molecule has 0 aliphatic carbocycles. The highest BCUT2D eigenvalue weighted by molar-refractivity contribution is 7.89. The van der Waals surface area contributed by atoms with Gasteiger partial charge in [-0.15, -0.1) is 13.2 Å². The summed E-state index contributed by atoms with van der Waals surface area (Å²) in [6, 6.07) is 7.39. The first-order chi connectivity index (χ1) is 14.1. The Bertz CT molecular complexity index is 967. The fraction of sp³-hybridized carbons (Fsp3) is 0.368. The van der Waals surface area contributed by atoms with Gasteiger partial charge in [0.15, 0.2) is 0 Å². The van der Waals surface area contributed by atoms with Crippen molar-refractivity contribution in [2.75, 3.05) is 19.6 Å². The number of hydrogen-bond acceptors (Lipinski definition) is 5. The summed E-state index contributed by atoms with van der Waals surface area (Å²) in [6.45, 7) is 0.810. The predicted octanol–water partition coefficient (Wildman–Crippen LogP) is 2.81. The SMILES string of the molecule is O=C(NC[C@@H]1CCCN(S(=O)(=O)c2ccc(OC(F)(F)F)cc2)C1)c1cccnc1. The molecule has 1 saturated heterocycles. The van der Waals surface area contributed by atoms with E-state index in [4.69, 9.17) is 0 Å². The third kappa shape index (κ3) is 5.70. The Kier molecular flexibility index (Phi) is 6.61. The normalized spacial score (nSPS) is 18.0. The number of rotatable bonds is 6. The highest BCUT2D eigenvalue weighted by Gasteiger charge is 2.32. The minimum atomic E-state index is -4.85. The van der Waals surface area contributed by atoms with Gasteiger partial charge >= 0.3 is 6.36 Å². The van der Waals surface area contributed by atoms with Gasteiger partial charge in [0.25, 0.3) is 5.91 Å². The van der Waals surface area contributed by atoms with Crippen molar-refractivity contribution in [3.8, 4) is 5.75 Å². The molecule has 3 rings (SSSR count). The van der Waals surface area contributed by atoms with Gasteiger partial charge in [-0.25, -0.2) is 8.42 Å². The Morgan fingerprint density at radius 3 is 2.60 bits per heavy atom. The largest absolute Gasteiger partial charge is 0.573 e. The molecule has 1 aromatic heterocycles. The molecule has 7 nitrogen and oxygen atoms in total. The Morgan fingerprint density at radius 2 is 1.97 bits per heavy atom. The first-order valence-corrected chi connectivity index (χ1v) is 10.6. The standard InChI is InChI=1S/C19H20F3N3O4S/c20-19(21,22)29-16-5-7-17(8-6-16)30(27,28)25-10-2-3-14(13-25)11-24-18(26)15-4-1-9-23-12-15/h1,4-9,12,14H,2-3,10-11,13H2,(H,24,26)/t14-/m0/s1. The van der Waals surface area contributed by atoms with Crippen LogP contribution in [0.4, 0.5) is 13.2 Å². The zero-order valence-corrected chi connectivity index (χ0v) is 16.6. The van der Waals surface area contributed by atoms with Crippen molar-refractivity contribution in [1.29, 1.82) is 0 Å². The predicted molar refractivity (Wildman–Crippen MR) is 101 cm³/mol. The fourth-order valence-electron chi connectivity index (χ4n) is 3.21. The number of ether oxygens (including phenoxy) is 1. The molecular formula is C19H20F3N3O4S. The van der Waals surface area contributed by atoms with Crippen LogP contribution in [0, 0.1) is 5.92 Å². The van der Waals surface area contributed by atoms with E-state index in [1.165, 1.54) is 10.5 Å². The molecule has 11 heteroatoms. The molecule has 2 heterocycles. The van der Waals surface area contributed by atoms with E-state index in [2.05, 4.69) is 15.0 Å². The van der Waals surface area contributed by atoms with Crippen LogP contribution in [0.25, 0.3) is 0 Å². The molecule has 0 radical (unpaired) electrons. The number of hydrogen-bond donors (Lipinski definition) is 1. The van der Waals surface area contributed by atoms with Gasteiger partial charge in [0.1, 0.15) is 5.75 Å². The second-order valence-electron chi connectivity index (χ2n) is 6.84. The molecule has 1 N–H and O–H groups in total. The summed E-state index contributed by atoms with van der Waals surface area (Å²) in [4.78, 5) is 15.9. The molecule has 1 aromatic carbocycles. The summed E-state index contributed by atoms with van der Waals surface area (Å²) in [6.07, 6.45) is -0.484. The maximum atomic E-state index is 12.9. The number of halogens is 3. The third-order valence-corrected chi connectivity index (χ3v) is 6.53. The van der Waals surface area contributed by atoms with E-state index in [-0.39, 0.29) is 23.3 Å². The van der Waals surface area contributed by atoms with Crippen LogP contribution in [-0.4, -0.2) is 49.6 Å². The van der Waals surface area contributed by atoms with Gasteiger partial charge in [-0.1, -0.05) is 0 Å². The summed E-state index contributed by atoms with van der Waals surface area (Å²) in [7, 11) is -3.87. The monoisotopic (exact) mass is 443 g/mol. The highest BCUT2D eigenvalue weighted by Crippen LogP contribution is 2.27. The van der Waals surface area contributed by atoms with E-state index in [0.29, 0.717) is 25.1 Å². The quantitative estimate of drug-likeness (QED) is 0.742. The molecule has 0 bridgehead atoms. The van der Waals surface area contributed by atoms with Crippen molar-refractivity contribution in [2.24, 2.45) is 5.92 Å². The van der Waals surface area contributed by atoms with E-state index in [9.17, 15) is 26.4 Å². The lowest BCUT2D eigenvalue weighted by Gasteiger charge is -2.32. The number of amides is 1. The van der Waals surface area contributed by atoms with Gasteiger partial charge < -0.3 is 10.1 Å². The van der Waals surface area contributed by atoms with Crippen LogP contribution < -0.4 is 10.1 Å². The minimum Gasteiger partial charge on any atom is -0.406 e. The van der Waals surface area contributed by atoms with Crippen LogP contribution in [0.3, 0.4) is 0 Å². The van der Waals surface area contributed by atoms with Crippen molar-refractivity contribution >= 4 is 15.9 Å². The zero-order valence-electron chi connectivity index (χ0n) is 15.8. The van der Waals surface area contributed by atoms with Gasteiger partial charge in [0, 0.05) is 32.0 Å². The van der Waals surface area contributed by atoms with E-state index in [1.54, 1.807) is 18.3 Å². The maximum absolute atomic E-state index is 12.9. The van der Waals surface area contributed by atoms with E-state index >= 15 is 0 Å². The number of alkyl halides is 3. The number of sulfonamides is 1. The molecular weight excluding hydrogens is 423 g/mol. The lowest BCUT2D eigenvalue weighted by Crippen LogP contribution is -2.43. The molecule has 162 valence electrons. The van der Waals surface area contributed by atoms with E-state index < -0.39 is 22.1 Å². The van der Waals surface area contributed by atoms with Crippen molar-refractivity contribution in [3.63, 3.8) is 0 Å². The molecule has 0 spiro atoms. The number of carbonyl (C=O) groups excluding carboxylic acids is 1. The molecule has 1 aliphatic rings. The third-order valence-electron chi connectivity index (χ3n) is 4.65. The summed E-state index contributed by atoms with van der Waals surface area (Å²) < 4.78 is 67.6. The van der Waals surface area contributed by atoms with Crippen molar-refractivity contribution in [1.82, 2.24) is 14.6 Å². The Morgan fingerprint density at radius 1 is 1.23 bits per heavy atom. The Hall–Kier alpha value is -2.66. The topological polar surface area (TPSA) is 88.6 Å². The van der Waals surface area contributed by atoms with Gasteiger partial charge in [-0.3, -0.25) is 9.78 Å². The van der Waals surface area contributed by atoms with Crippen LogP contribution >= 0.6 is 0 Å². The van der Waals surface area contributed by atoms with Gasteiger partial charge in [0.2, 0.25) is 10.0 Å². The van der Waals surface area contributed by atoms with Crippen molar-refractivity contribution < 1.29 is 31.1 Å². The van der Waals surface area contributed by atoms with E-state index in [1.807, 2.05) is 0 Å². The number of carbonyl (C=O) groups is 1. The number of nitrogens with one attached hydrogen (secondary N) is 1. The number of nitrogens with zero attached hydrogens (tertiary/aromatic N) is 2. The average Bonchev–Trinajstić information content (AvgIpc) is 2.72. The van der Waals surface area contributed by atoms with Crippen molar-refractivity contribution in [2.45, 2.75) is 24.1 Å². The maximum Gasteiger partial charge on any atom is 0.573 e. The minimum absolute atomic E-state index is 0.0815. The lowest BCUT2D eigenvalue weighted by atomic mass is 9.99. The van der Waals surface area contributed by atoms with Crippen LogP contribution in [0.1, 0.15) is 23.2 Å². The number of aromatic nitrogens is 1. The molecule has 30 heavy (non-hydrogen) atoms. The van der Waals surface area contributed by atoms with Crippen LogP contribution in [0.15, 0.2) is 53.7 Å². The number of piperidine rings is 1. The first-order valence-electron chi connectivity index (χ1n) is 9.19.